The zero-order valence-corrected chi connectivity index (χ0v) is 17.1. The van der Waals surface area contributed by atoms with E-state index in [2.05, 4.69) is 9.55 Å². The van der Waals surface area contributed by atoms with E-state index in [-0.39, 0.29) is 6.61 Å². The van der Waals surface area contributed by atoms with Crippen LogP contribution in [0, 0.1) is 0 Å². The Hall–Kier alpha value is -1.44. The third-order valence-electron chi connectivity index (χ3n) is 3.87. The summed E-state index contributed by atoms with van der Waals surface area (Å²) in [5, 5.41) is 12.1. The largest absolute Gasteiger partial charge is 0.489 e. The Balaban J connectivity index is 1.61. The fourth-order valence-electron chi connectivity index (χ4n) is 2.56. The highest BCUT2D eigenvalue weighted by Crippen LogP contribution is 2.28. The van der Waals surface area contributed by atoms with Crippen LogP contribution in [0.1, 0.15) is 0 Å². The zero-order chi connectivity index (χ0) is 19.2. The van der Waals surface area contributed by atoms with Crippen molar-refractivity contribution in [1.29, 1.82) is 0 Å². The van der Waals surface area contributed by atoms with Crippen molar-refractivity contribution in [2.24, 2.45) is 0 Å². The van der Waals surface area contributed by atoms with Gasteiger partial charge in [0.1, 0.15) is 12.4 Å². The lowest BCUT2D eigenvalue weighted by Gasteiger charge is -2.14. The maximum Gasteiger partial charge on any atom is 0.169 e. The molecule has 0 amide bonds. The molecule has 0 fully saturated rings. The molecule has 0 saturated carbocycles. The van der Waals surface area contributed by atoms with Crippen LogP contribution in [0.4, 0.5) is 0 Å². The number of thioether (sulfide) groups is 1. The molecule has 144 valence electrons. The number of methoxy groups -OCH3 is 1. The Kier molecular flexibility index (Phi) is 7.26. The van der Waals surface area contributed by atoms with Crippen LogP contribution >= 0.6 is 35.0 Å². The molecule has 0 spiro atoms. The molecule has 0 aliphatic carbocycles. The van der Waals surface area contributed by atoms with E-state index in [0.29, 0.717) is 34.7 Å². The molecule has 3 rings (SSSR count). The summed E-state index contributed by atoms with van der Waals surface area (Å²) in [6.07, 6.45) is -0.669. The molecule has 5 nitrogen and oxygen atoms in total. The summed E-state index contributed by atoms with van der Waals surface area (Å²) in [5.74, 6) is 0.944. The second kappa shape index (κ2) is 9.66. The number of imidazole rings is 1. The number of para-hydroxylation sites is 2. The molecule has 0 bridgehead atoms. The fraction of sp³-hybridized carbons (Fsp3) is 0.316. The number of ether oxygens (including phenoxy) is 2. The summed E-state index contributed by atoms with van der Waals surface area (Å²) in [5.41, 5.74) is 1.98. The van der Waals surface area contributed by atoms with E-state index in [1.807, 2.05) is 24.3 Å². The third kappa shape index (κ3) is 5.30. The number of fused-ring (bicyclic) bond motifs is 1. The van der Waals surface area contributed by atoms with Gasteiger partial charge >= 0.3 is 0 Å². The van der Waals surface area contributed by atoms with Crippen LogP contribution in [-0.4, -0.2) is 46.8 Å². The molecule has 0 aliphatic heterocycles. The number of nitrogens with zero attached hydrogens (tertiary/aromatic N) is 2. The third-order valence-corrected chi connectivity index (χ3v) is 5.52. The molecule has 2 aromatic carbocycles. The highest BCUT2D eigenvalue weighted by atomic mass is 35.5. The smallest absolute Gasteiger partial charge is 0.169 e. The molecule has 27 heavy (non-hydrogen) atoms. The molecule has 0 radical (unpaired) electrons. The number of aromatic nitrogens is 2. The topological polar surface area (TPSA) is 56.5 Å². The van der Waals surface area contributed by atoms with Gasteiger partial charge in [-0.05, 0) is 30.3 Å². The Morgan fingerprint density at radius 1 is 1.22 bits per heavy atom. The van der Waals surface area contributed by atoms with E-state index in [1.165, 1.54) is 11.8 Å². The minimum Gasteiger partial charge on any atom is -0.489 e. The Labute approximate surface area is 172 Å². The van der Waals surface area contributed by atoms with Gasteiger partial charge in [-0.15, -0.1) is 0 Å². The predicted molar refractivity (Wildman–Crippen MR) is 110 cm³/mol. The minimum atomic E-state index is -0.669. The molecule has 1 atom stereocenters. The number of hydrogen-bond acceptors (Lipinski definition) is 5. The summed E-state index contributed by atoms with van der Waals surface area (Å²) in [6, 6.07) is 13.0. The molecular formula is C19H20Cl2N2O3S. The Morgan fingerprint density at radius 3 is 2.81 bits per heavy atom. The Morgan fingerprint density at radius 2 is 2.04 bits per heavy atom. The first-order valence-corrected chi connectivity index (χ1v) is 10.2. The number of aliphatic hydroxyl groups excluding tert-OH is 1. The van der Waals surface area contributed by atoms with E-state index in [1.54, 1.807) is 25.3 Å². The maximum absolute atomic E-state index is 10.3. The summed E-state index contributed by atoms with van der Waals surface area (Å²) >= 11 is 13.4. The maximum atomic E-state index is 10.3. The van der Waals surface area contributed by atoms with Crippen molar-refractivity contribution in [2.45, 2.75) is 17.8 Å². The van der Waals surface area contributed by atoms with Gasteiger partial charge in [-0.3, -0.25) is 0 Å². The number of aliphatic hydroxyl groups is 1. The van der Waals surface area contributed by atoms with Gasteiger partial charge in [0, 0.05) is 24.4 Å². The van der Waals surface area contributed by atoms with Crippen LogP contribution < -0.4 is 4.74 Å². The second-order valence-corrected chi connectivity index (χ2v) is 7.71. The number of rotatable bonds is 9. The first-order chi connectivity index (χ1) is 13.1. The second-order valence-electron chi connectivity index (χ2n) is 5.88. The number of halogens is 2. The first kappa shape index (κ1) is 20.3. The molecule has 3 aromatic rings. The van der Waals surface area contributed by atoms with Crippen molar-refractivity contribution in [2.75, 3.05) is 26.1 Å². The van der Waals surface area contributed by atoms with Crippen LogP contribution in [0.5, 0.6) is 5.75 Å². The van der Waals surface area contributed by atoms with E-state index >= 15 is 0 Å². The van der Waals surface area contributed by atoms with Crippen LogP contribution in [0.15, 0.2) is 47.6 Å². The fourth-order valence-corrected chi connectivity index (χ4v) is 3.97. The van der Waals surface area contributed by atoms with E-state index in [9.17, 15) is 5.11 Å². The molecular weight excluding hydrogens is 407 g/mol. The lowest BCUT2D eigenvalue weighted by molar-refractivity contribution is 0.126. The van der Waals surface area contributed by atoms with Gasteiger partial charge in [-0.1, -0.05) is 47.1 Å². The molecule has 1 aromatic heterocycles. The minimum absolute atomic E-state index is 0.132. The van der Waals surface area contributed by atoms with Gasteiger partial charge in [0.25, 0.3) is 0 Å². The summed E-state index contributed by atoms with van der Waals surface area (Å²) in [4.78, 5) is 4.66. The van der Waals surface area contributed by atoms with Crippen molar-refractivity contribution in [3.05, 3.63) is 52.5 Å². The van der Waals surface area contributed by atoms with Gasteiger partial charge in [-0.25, -0.2) is 4.98 Å². The van der Waals surface area contributed by atoms with Crippen LogP contribution in [0.2, 0.25) is 10.0 Å². The van der Waals surface area contributed by atoms with E-state index in [0.717, 1.165) is 16.2 Å². The quantitative estimate of drug-likeness (QED) is 0.509. The van der Waals surface area contributed by atoms with Gasteiger partial charge in [0.2, 0.25) is 0 Å². The highest BCUT2D eigenvalue weighted by Gasteiger charge is 2.14. The van der Waals surface area contributed by atoms with Crippen molar-refractivity contribution in [1.82, 2.24) is 9.55 Å². The van der Waals surface area contributed by atoms with Gasteiger partial charge in [0.05, 0.1) is 28.8 Å². The average Bonchev–Trinajstić information content (AvgIpc) is 3.01. The molecule has 8 heteroatoms. The summed E-state index contributed by atoms with van der Waals surface area (Å²) in [6.45, 7) is 1.42. The Bertz CT molecular complexity index is 904. The standard InChI is InChI=1S/C19H20Cl2N2O3S/c1-25-9-8-23-17-5-3-2-4-16(17)22-19(23)27-12-14(24)11-26-18-7-6-13(20)10-15(18)21/h2-7,10,14,24H,8-9,11-12H2,1H3. The van der Waals surface area contributed by atoms with Crippen molar-refractivity contribution in [3.8, 4) is 5.75 Å². The molecule has 1 N–H and O–H groups in total. The SMILES string of the molecule is COCCn1c(SCC(O)COc2ccc(Cl)cc2Cl)nc2ccccc21. The lowest BCUT2D eigenvalue weighted by atomic mass is 10.3. The lowest BCUT2D eigenvalue weighted by Crippen LogP contribution is -2.20. The van der Waals surface area contributed by atoms with Crippen LogP contribution in [0.25, 0.3) is 11.0 Å². The summed E-state index contributed by atoms with van der Waals surface area (Å²) < 4.78 is 12.9. The van der Waals surface area contributed by atoms with Crippen molar-refractivity contribution >= 4 is 46.0 Å². The van der Waals surface area contributed by atoms with Gasteiger partial charge in [-0.2, -0.15) is 0 Å². The molecule has 0 saturated heterocycles. The predicted octanol–water partition coefficient (Wildman–Crippen LogP) is 4.52. The monoisotopic (exact) mass is 426 g/mol. The summed E-state index contributed by atoms with van der Waals surface area (Å²) in [7, 11) is 1.68. The normalized spacial score (nSPS) is 12.4. The number of benzene rings is 2. The first-order valence-electron chi connectivity index (χ1n) is 8.41. The van der Waals surface area contributed by atoms with Crippen molar-refractivity contribution < 1.29 is 14.6 Å². The van der Waals surface area contributed by atoms with Gasteiger partial charge < -0.3 is 19.1 Å². The zero-order valence-electron chi connectivity index (χ0n) is 14.8. The van der Waals surface area contributed by atoms with E-state index in [4.69, 9.17) is 32.7 Å². The molecule has 0 aliphatic rings. The van der Waals surface area contributed by atoms with Gasteiger partial charge in [0.15, 0.2) is 5.16 Å². The molecule has 1 unspecified atom stereocenters. The number of hydrogen-bond donors (Lipinski definition) is 1. The van der Waals surface area contributed by atoms with Crippen LogP contribution in [-0.2, 0) is 11.3 Å². The van der Waals surface area contributed by atoms with Crippen molar-refractivity contribution in [3.63, 3.8) is 0 Å². The van der Waals surface area contributed by atoms with Crippen LogP contribution in [0.3, 0.4) is 0 Å². The van der Waals surface area contributed by atoms with E-state index < -0.39 is 6.10 Å². The molecule has 1 heterocycles. The average molecular weight is 427 g/mol. The highest BCUT2D eigenvalue weighted by molar-refractivity contribution is 7.99.